The number of amides is 2. The highest BCUT2D eigenvalue weighted by Gasteiger charge is 2.38. The molecular formula is C18H20FN3O3S. The highest BCUT2D eigenvalue weighted by Crippen LogP contribution is 2.40. The van der Waals surface area contributed by atoms with E-state index in [9.17, 15) is 19.2 Å². The summed E-state index contributed by atoms with van der Waals surface area (Å²) in [5.74, 6) is 0.979. The Hall–Kier alpha value is -2.27. The molecular weight excluding hydrogens is 357 g/mol. The lowest BCUT2D eigenvalue weighted by atomic mass is 9.76. The fraction of sp³-hybridized carbons (Fsp3) is 0.500. The van der Waals surface area contributed by atoms with Crippen molar-refractivity contribution in [2.24, 2.45) is 0 Å². The number of carbonyl (C=O) groups is 2. The molecule has 1 aromatic rings. The van der Waals surface area contributed by atoms with Crippen LogP contribution < -0.4 is 10.2 Å². The normalized spacial score (nSPS) is 21.8. The van der Waals surface area contributed by atoms with E-state index < -0.39 is 23.4 Å². The molecule has 26 heavy (non-hydrogen) atoms. The van der Waals surface area contributed by atoms with Gasteiger partial charge in [0.05, 0.1) is 30.3 Å². The molecule has 138 valence electrons. The number of cyclic esters (lactones) is 1. The van der Waals surface area contributed by atoms with E-state index in [0.717, 1.165) is 11.5 Å². The topological polar surface area (TPSA) is 82.4 Å². The number of benzene rings is 1. The molecule has 6 nitrogen and oxygen atoms in total. The molecule has 0 spiro atoms. The molecule has 0 bridgehead atoms. The maximum absolute atomic E-state index is 14.8. The fourth-order valence-electron chi connectivity index (χ4n) is 3.32. The van der Waals surface area contributed by atoms with Crippen molar-refractivity contribution in [2.45, 2.75) is 31.3 Å². The molecule has 0 aliphatic carbocycles. The Kier molecular flexibility index (Phi) is 5.37. The average molecular weight is 377 g/mol. The minimum absolute atomic E-state index is 0.206. The number of carbonyl (C=O) groups excluding carboxylic acids is 2. The second kappa shape index (κ2) is 7.54. The molecule has 0 unspecified atom stereocenters. The van der Waals surface area contributed by atoms with Gasteiger partial charge in [0.2, 0.25) is 5.91 Å². The summed E-state index contributed by atoms with van der Waals surface area (Å²) in [6.45, 7) is 1.84. The number of nitriles is 1. The Labute approximate surface area is 155 Å². The van der Waals surface area contributed by atoms with Crippen molar-refractivity contribution in [3.8, 4) is 6.07 Å². The van der Waals surface area contributed by atoms with Crippen LogP contribution in [0.25, 0.3) is 0 Å². The second-order valence-electron chi connectivity index (χ2n) is 6.52. The molecule has 2 fully saturated rings. The monoisotopic (exact) mass is 377 g/mol. The van der Waals surface area contributed by atoms with Crippen molar-refractivity contribution in [1.82, 2.24) is 5.32 Å². The highest BCUT2D eigenvalue weighted by molar-refractivity contribution is 7.99. The van der Waals surface area contributed by atoms with Crippen molar-refractivity contribution < 1.29 is 18.7 Å². The third-order valence-corrected chi connectivity index (χ3v) is 5.78. The van der Waals surface area contributed by atoms with Crippen molar-refractivity contribution in [1.29, 1.82) is 5.26 Å². The molecule has 2 amide bonds. The first-order chi connectivity index (χ1) is 12.4. The summed E-state index contributed by atoms with van der Waals surface area (Å²) in [7, 11) is 0. The lowest BCUT2D eigenvalue weighted by molar-refractivity contribution is -0.119. The molecule has 0 aromatic heterocycles. The third kappa shape index (κ3) is 3.63. The standard InChI is InChI=1S/C18H20FN3O3S/c1-12(23)21-9-14-10-22(17(24)25-14)13-2-3-15(16(19)8-13)18(11-20)4-6-26-7-5-18/h2-3,8,14H,4-7,9-10H2,1H3,(H,21,23)/t14-/m0/s1. The van der Waals surface area contributed by atoms with Gasteiger partial charge in [-0.3, -0.25) is 9.69 Å². The van der Waals surface area contributed by atoms with Gasteiger partial charge in [0.15, 0.2) is 0 Å². The maximum atomic E-state index is 14.8. The van der Waals surface area contributed by atoms with E-state index in [2.05, 4.69) is 11.4 Å². The molecule has 2 heterocycles. The molecule has 1 N–H and O–H groups in total. The number of nitrogens with zero attached hydrogens (tertiary/aromatic N) is 2. The van der Waals surface area contributed by atoms with Crippen LogP contribution in [0.5, 0.6) is 0 Å². The molecule has 2 saturated heterocycles. The van der Waals surface area contributed by atoms with Crippen LogP contribution in [0, 0.1) is 17.1 Å². The summed E-state index contributed by atoms with van der Waals surface area (Å²) in [6.07, 6.45) is 0.191. The van der Waals surface area contributed by atoms with Crippen LogP contribution in [-0.2, 0) is 14.9 Å². The van der Waals surface area contributed by atoms with E-state index in [4.69, 9.17) is 4.74 Å². The lowest BCUT2D eigenvalue weighted by Gasteiger charge is -2.31. The van der Waals surface area contributed by atoms with Crippen LogP contribution in [0.15, 0.2) is 18.2 Å². The first-order valence-corrected chi connectivity index (χ1v) is 9.62. The van der Waals surface area contributed by atoms with Gasteiger partial charge in [0.1, 0.15) is 11.9 Å². The largest absolute Gasteiger partial charge is 0.442 e. The van der Waals surface area contributed by atoms with Crippen molar-refractivity contribution in [2.75, 3.05) is 29.5 Å². The number of rotatable bonds is 4. The zero-order valence-corrected chi connectivity index (χ0v) is 15.3. The van der Waals surface area contributed by atoms with Crippen LogP contribution in [0.4, 0.5) is 14.9 Å². The Balaban J connectivity index is 1.78. The minimum Gasteiger partial charge on any atom is -0.442 e. The minimum atomic E-state index is -0.798. The molecule has 1 atom stereocenters. The molecule has 2 aliphatic heterocycles. The van der Waals surface area contributed by atoms with Crippen LogP contribution >= 0.6 is 11.8 Å². The number of ether oxygens (including phenoxy) is 1. The van der Waals surface area contributed by atoms with Crippen LogP contribution in [0.2, 0.25) is 0 Å². The second-order valence-corrected chi connectivity index (χ2v) is 7.75. The van der Waals surface area contributed by atoms with E-state index in [0.29, 0.717) is 24.1 Å². The summed E-state index contributed by atoms with van der Waals surface area (Å²) >= 11 is 1.77. The Bertz CT molecular complexity index is 759. The summed E-state index contributed by atoms with van der Waals surface area (Å²) in [6, 6.07) is 6.86. The molecule has 0 saturated carbocycles. The van der Waals surface area contributed by atoms with Gasteiger partial charge < -0.3 is 10.1 Å². The highest BCUT2D eigenvalue weighted by atomic mass is 32.2. The van der Waals surface area contributed by atoms with E-state index in [1.54, 1.807) is 23.9 Å². The van der Waals surface area contributed by atoms with Gasteiger partial charge in [-0.2, -0.15) is 17.0 Å². The number of hydrogen-bond acceptors (Lipinski definition) is 5. The maximum Gasteiger partial charge on any atom is 0.414 e. The van der Waals surface area contributed by atoms with Gasteiger partial charge in [-0.1, -0.05) is 6.07 Å². The van der Waals surface area contributed by atoms with Crippen molar-refractivity contribution in [3.05, 3.63) is 29.6 Å². The number of thioether (sulfide) groups is 1. The first kappa shape index (κ1) is 18.5. The zero-order chi connectivity index (χ0) is 18.7. The molecule has 1 aromatic carbocycles. The Morgan fingerprint density at radius 3 is 2.85 bits per heavy atom. The van der Waals surface area contributed by atoms with Crippen LogP contribution in [-0.4, -0.2) is 42.7 Å². The Morgan fingerprint density at radius 2 is 2.23 bits per heavy atom. The molecule has 8 heteroatoms. The fourth-order valence-corrected chi connectivity index (χ4v) is 4.51. The van der Waals surface area contributed by atoms with Crippen LogP contribution in [0.1, 0.15) is 25.3 Å². The van der Waals surface area contributed by atoms with Gasteiger partial charge >= 0.3 is 6.09 Å². The number of nitrogens with one attached hydrogen (secondary N) is 1. The smallest absolute Gasteiger partial charge is 0.414 e. The van der Waals surface area contributed by atoms with Gasteiger partial charge in [0, 0.05) is 12.5 Å². The quantitative estimate of drug-likeness (QED) is 0.872. The summed E-state index contributed by atoms with van der Waals surface area (Å²) < 4.78 is 20.0. The first-order valence-electron chi connectivity index (χ1n) is 8.47. The van der Waals surface area contributed by atoms with Crippen molar-refractivity contribution >= 4 is 29.4 Å². The van der Waals surface area contributed by atoms with E-state index in [-0.39, 0.29) is 19.0 Å². The predicted octanol–water partition coefficient (Wildman–Crippen LogP) is 2.58. The van der Waals surface area contributed by atoms with Crippen molar-refractivity contribution in [3.63, 3.8) is 0 Å². The zero-order valence-electron chi connectivity index (χ0n) is 14.5. The van der Waals surface area contributed by atoms with Gasteiger partial charge in [-0.15, -0.1) is 0 Å². The molecule has 3 rings (SSSR count). The lowest BCUT2D eigenvalue weighted by Crippen LogP contribution is -2.33. The Morgan fingerprint density at radius 1 is 1.50 bits per heavy atom. The average Bonchev–Trinajstić information content (AvgIpc) is 3.01. The number of anilines is 1. The van der Waals surface area contributed by atoms with E-state index in [1.807, 2.05) is 0 Å². The predicted molar refractivity (Wildman–Crippen MR) is 96.5 cm³/mol. The van der Waals surface area contributed by atoms with Gasteiger partial charge in [-0.25, -0.2) is 9.18 Å². The van der Waals surface area contributed by atoms with Crippen LogP contribution in [0.3, 0.4) is 0 Å². The number of halogens is 1. The van der Waals surface area contributed by atoms with Gasteiger partial charge in [0.25, 0.3) is 0 Å². The summed E-state index contributed by atoms with van der Waals surface area (Å²) in [4.78, 5) is 24.4. The molecule has 0 radical (unpaired) electrons. The van der Waals surface area contributed by atoms with E-state index >= 15 is 0 Å². The summed E-state index contributed by atoms with van der Waals surface area (Å²) in [5.41, 5.74) is -0.0147. The third-order valence-electron chi connectivity index (χ3n) is 4.79. The van der Waals surface area contributed by atoms with Gasteiger partial charge in [-0.05, 0) is 36.5 Å². The SMILES string of the molecule is CC(=O)NC[C@H]1CN(c2ccc(C3(C#N)CCSCC3)c(F)c2)C(=O)O1. The van der Waals surface area contributed by atoms with E-state index in [1.165, 1.54) is 17.9 Å². The summed E-state index contributed by atoms with van der Waals surface area (Å²) in [5, 5.41) is 12.2. The molecule has 2 aliphatic rings. The number of hydrogen-bond donors (Lipinski definition) is 1.